The van der Waals surface area contributed by atoms with Gasteiger partial charge in [0.1, 0.15) is 5.52 Å². The van der Waals surface area contributed by atoms with Crippen LogP contribution in [0.5, 0.6) is 0 Å². The van der Waals surface area contributed by atoms with Crippen molar-refractivity contribution in [3.05, 3.63) is 30.2 Å². The maximum Gasteiger partial charge on any atom is 0.195 e. The van der Waals surface area contributed by atoms with E-state index in [2.05, 4.69) is 16.8 Å². The minimum Gasteiger partial charge on any atom is -0.441 e. The molecular weight excluding hydrogens is 252 g/mol. The van der Waals surface area contributed by atoms with Crippen molar-refractivity contribution >= 4 is 11.1 Å². The van der Waals surface area contributed by atoms with Gasteiger partial charge >= 0.3 is 0 Å². The van der Waals surface area contributed by atoms with Gasteiger partial charge in [-0.3, -0.25) is 0 Å². The van der Waals surface area contributed by atoms with Crippen molar-refractivity contribution in [2.24, 2.45) is 0 Å². The number of hydrogen-bond acceptors (Lipinski definition) is 4. The first kappa shape index (κ1) is 15.0. The molecule has 1 heterocycles. The van der Waals surface area contributed by atoms with Gasteiger partial charge in [0, 0.05) is 13.0 Å². The molecule has 2 rings (SSSR count). The number of likely N-dealkylation sites (N-methyl/N-ethyl adjacent to an activating group) is 1. The van der Waals surface area contributed by atoms with E-state index in [9.17, 15) is 5.11 Å². The third kappa shape index (κ3) is 4.32. The van der Waals surface area contributed by atoms with Crippen molar-refractivity contribution in [1.82, 2.24) is 9.88 Å². The third-order valence-corrected chi connectivity index (χ3v) is 3.26. The molecule has 4 nitrogen and oxygen atoms in total. The lowest BCUT2D eigenvalue weighted by Crippen LogP contribution is -2.39. The molecule has 1 aromatic heterocycles. The Morgan fingerprint density at radius 2 is 2.05 bits per heavy atom. The summed E-state index contributed by atoms with van der Waals surface area (Å²) in [5.74, 6) is 0.797. The molecule has 1 N–H and O–H groups in total. The van der Waals surface area contributed by atoms with Crippen LogP contribution in [-0.4, -0.2) is 40.2 Å². The quantitative estimate of drug-likeness (QED) is 0.845. The Labute approximate surface area is 120 Å². The molecule has 4 heteroatoms. The fourth-order valence-electron chi connectivity index (χ4n) is 2.38. The van der Waals surface area contributed by atoms with Crippen LogP contribution in [0.15, 0.2) is 28.7 Å². The molecular formula is C16H24N2O2. The van der Waals surface area contributed by atoms with Gasteiger partial charge in [-0.2, -0.15) is 0 Å². The molecule has 0 aliphatic rings. The van der Waals surface area contributed by atoms with E-state index in [4.69, 9.17) is 4.42 Å². The van der Waals surface area contributed by atoms with E-state index in [-0.39, 0.29) is 0 Å². The first-order valence-electron chi connectivity index (χ1n) is 7.27. The minimum absolute atomic E-state index is 0.645. The lowest BCUT2D eigenvalue weighted by molar-refractivity contribution is 0.0375. The standard InChI is InChI=1S/C16H24N2O2/c1-4-18(12-16(2,3)19)11-7-10-15-17-13-8-5-6-9-14(13)20-15/h5-6,8-9,19H,4,7,10-12H2,1-3H3. The first-order valence-corrected chi connectivity index (χ1v) is 7.27. The van der Waals surface area contributed by atoms with Crippen LogP contribution < -0.4 is 0 Å². The van der Waals surface area contributed by atoms with Crippen molar-refractivity contribution in [1.29, 1.82) is 0 Å². The van der Waals surface area contributed by atoms with E-state index < -0.39 is 5.60 Å². The molecule has 2 aromatic rings. The van der Waals surface area contributed by atoms with E-state index in [1.165, 1.54) is 0 Å². The zero-order valence-corrected chi connectivity index (χ0v) is 12.6. The van der Waals surface area contributed by atoms with Gasteiger partial charge in [0.25, 0.3) is 0 Å². The summed E-state index contributed by atoms with van der Waals surface area (Å²) in [6, 6.07) is 7.84. The zero-order chi connectivity index (χ0) is 14.6. The van der Waals surface area contributed by atoms with Gasteiger partial charge in [0.2, 0.25) is 0 Å². The second-order valence-corrected chi connectivity index (χ2v) is 5.86. The SMILES string of the molecule is CCN(CCCc1nc2ccccc2o1)CC(C)(C)O. The average Bonchev–Trinajstić information content (AvgIpc) is 2.78. The van der Waals surface area contributed by atoms with Crippen LogP contribution in [0.2, 0.25) is 0 Å². The molecule has 0 amide bonds. The van der Waals surface area contributed by atoms with Crippen LogP contribution in [0.4, 0.5) is 0 Å². The Morgan fingerprint density at radius 3 is 2.70 bits per heavy atom. The molecule has 1 aromatic carbocycles. The summed E-state index contributed by atoms with van der Waals surface area (Å²) < 4.78 is 5.71. The maximum atomic E-state index is 9.86. The van der Waals surface area contributed by atoms with Crippen LogP contribution in [0.3, 0.4) is 0 Å². The summed E-state index contributed by atoms with van der Waals surface area (Å²) in [5.41, 5.74) is 1.13. The second-order valence-electron chi connectivity index (χ2n) is 5.86. The van der Waals surface area contributed by atoms with Crippen LogP contribution in [-0.2, 0) is 6.42 Å². The molecule has 0 bridgehead atoms. The minimum atomic E-state index is -0.645. The highest BCUT2D eigenvalue weighted by Gasteiger charge is 2.17. The second kappa shape index (κ2) is 6.37. The highest BCUT2D eigenvalue weighted by Crippen LogP contribution is 2.16. The first-order chi connectivity index (χ1) is 9.48. The van der Waals surface area contributed by atoms with Crippen molar-refractivity contribution in [2.75, 3.05) is 19.6 Å². The average molecular weight is 276 g/mol. The predicted octanol–water partition coefficient (Wildman–Crippen LogP) is 2.85. The van der Waals surface area contributed by atoms with E-state index in [1.54, 1.807) is 0 Å². The largest absolute Gasteiger partial charge is 0.441 e. The lowest BCUT2D eigenvalue weighted by atomic mass is 10.1. The van der Waals surface area contributed by atoms with E-state index >= 15 is 0 Å². The fourth-order valence-corrected chi connectivity index (χ4v) is 2.38. The summed E-state index contributed by atoms with van der Waals surface area (Å²) in [6.07, 6.45) is 1.81. The smallest absolute Gasteiger partial charge is 0.195 e. The highest BCUT2D eigenvalue weighted by molar-refractivity contribution is 5.72. The topological polar surface area (TPSA) is 49.5 Å². The molecule has 0 fully saturated rings. The molecule has 0 unspecified atom stereocenters. The molecule has 110 valence electrons. The van der Waals surface area contributed by atoms with Gasteiger partial charge in [-0.15, -0.1) is 0 Å². The summed E-state index contributed by atoms with van der Waals surface area (Å²) in [5, 5.41) is 9.86. The highest BCUT2D eigenvalue weighted by atomic mass is 16.3. The number of rotatable bonds is 7. The van der Waals surface area contributed by atoms with Crippen molar-refractivity contribution in [2.45, 2.75) is 39.2 Å². The Morgan fingerprint density at radius 1 is 1.30 bits per heavy atom. The van der Waals surface area contributed by atoms with Crippen LogP contribution in [0.25, 0.3) is 11.1 Å². The summed E-state index contributed by atoms with van der Waals surface area (Å²) >= 11 is 0. The molecule has 0 aliphatic carbocycles. The molecule has 0 atom stereocenters. The number of aliphatic hydroxyl groups is 1. The number of fused-ring (bicyclic) bond motifs is 1. The number of oxazole rings is 1. The molecule has 0 saturated heterocycles. The van der Waals surface area contributed by atoms with Crippen LogP contribution in [0.1, 0.15) is 33.1 Å². The van der Waals surface area contributed by atoms with E-state index in [1.807, 2.05) is 38.1 Å². The molecule has 0 saturated carbocycles. The number of benzene rings is 1. The number of aryl methyl sites for hydroxylation is 1. The van der Waals surface area contributed by atoms with Crippen LogP contribution in [0, 0.1) is 0 Å². The van der Waals surface area contributed by atoms with Gasteiger partial charge in [-0.1, -0.05) is 19.1 Å². The fraction of sp³-hybridized carbons (Fsp3) is 0.562. The van der Waals surface area contributed by atoms with Gasteiger partial charge < -0.3 is 14.4 Å². The Bertz CT molecular complexity index is 510. The summed E-state index contributed by atoms with van der Waals surface area (Å²) in [4.78, 5) is 6.73. The van der Waals surface area contributed by atoms with Crippen molar-refractivity contribution in [3.8, 4) is 0 Å². The van der Waals surface area contributed by atoms with Crippen molar-refractivity contribution < 1.29 is 9.52 Å². The number of nitrogens with zero attached hydrogens (tertiary/aromatic N) is 2. The predicted molar refractivity (Wildman–Crippen MR) is 80.7 cm³/mol. The zero-order valence-electron chi connectivity index (χ0n) is 12.6. The summed E-state index contributed by atoms with van der Waals surface area (Å²) in [7, 11) is 0. The number of aromatic nitrogens is 1. The monoisotopic (exact) mass is 276 g/mol. The Hall–Kier alpha value is -1.39. The Kier molecular flexibility index (Phi) is 4.78. The summed E-state index contributed by atoms with van der Waals surface area (Å²) in [6.45, 7) is 8.38. The molecule has 20 heavy (non-hydrogen) atoms. The Balaban J connectivity index is 1.85. The lowest BCUT2D eigenvalue weighted by Gasteiger charge is -2.27. The maximum absolute atomic E-state index is 9.86. The van der Waals surface area contributed by atoms with E-state index in [0.717, 1.165) is 42.9 Å². The molecule has 0 radical (unpaired) electrons. The van der Waals surface area contributed by atoms with E-state index in [0.29, 0.717) is 6.54 Å². The van der Waals surface area contributed by atoms with Crippen LogP contribution >= 0.6 is 0 Å². The number of hydrogen-bond donors (Lipinski definition) is 1. The van der Waals surface area contributed by atoms with Gasteiger partial charge in [0.05, 0.1) is 5.60 Å². The third-order valence-electron chi connectivity index (χ3n) is 3.26. The van der Waals surface area contributed by atoms with Crippen molar-refractivity contribution in [3.63, 3.8) is 0 Å². The van der Waals surface area contributed by atoms with Gasteiger partial charge in [-0.05, 0) is 45.5 Å². The van der Waals surface area contributed by atoms with Gasteiger partial charge in [0.15, 0.2) is 11.5 Å². The number of para-hydroxylation sites is 2. The molecule has 0 spiro atoms. The normalized spacial score (nSPS) is 12.4. The van der Waals surface area contributed by atoms with Gasteiger partial charge in [-0.25, -0.2) is 4.98 Å². The molecule has 0 aliphatic heterocycles.